The summed E-state index contributed by atoms with van der Waals surface area (Å²) in [5.41, 5.74) is 0.667. The monoisotopic (exact) mass is 306 g/mol. The first-order valence-electron chi connectivity index (χ1n) is 6.98. The third-order valence-corrected chi connectivity index (χ3v) is 3.93. The van der Waals surface area contributed by atoms with E-state index >= 15 is 0 Å². The molecule has 1 fully saturated rings. The van der Waals surface area contributed by atoms with Gasteiger partial charge in [-0.15, -0.1) is 10.2 Å². The molecule has 0 N–H and O–H groups in total. The number of nitrogens with zero attached hydrogens (tertiary/aromatic N) is 2. The van der Waals surface area contributed by atoms with E-state index in [1.165, 1.54) is 0 Å². The number of carbonyl (C=O) groups excluding carboxylic acids is 1. The van der Waals surface area contributed by atoms with E-state index < -0.39 is 0 Å². The van der Waals surface area contributed by atoms with Gasteiger partial charge in [0.1, 0.15) is 0 Å². The summed E-state index contributed by atoms with van der Waals surface area (Å²) in [6.07, 6.45) is 4.01. The summed E-state index contributed by atoms with van der Waals surface area (Å²) < 4.78 is 10.7. The Balaban J connectivity index is 1.63. The highest BCUT2D eigenvalue weighted by molar-refractivity contribution is 6.33. The standard InChI is InChI=1S/C15H15ClN2O3/c16-12-8-4-3-7-11(12)14-18-17-13(21-14)9-20-15(19)10-5-1-2-6-10/h3-4,7-8,10H,1-2,5-6,9H2. The fraction of sp³-hybridized carbons (Fsp3) is 0.400. The predicted molar refractivity (Wildman–Crippen MR) is 76.5 cm³/mol. The number of hydrogen-bond donors (Lipinski definition) is 0. The van der Waals surface area contributed by atoms with Gasteiger partial charge in [0.2, 0.25) is 5.89 Å². The van der Waals surface area contributed by atoms with Gasteiger partial charge in [-0.25, -0.2) is 0 Å². The van der Waals surface area contributed by atoms with Crippen molar-refractivity contribution >= 4 is 17.6 Å². The summed E-state index contributed by atoms with van der Waals surface area (Å²) in [4.78, 5) is 11.8. The summed E-state index contributed by atoms with van der Waals surface area (Å²) in [7, 11) is 0. The van der Waals surface area contributed by atoms with Crippen molar-refractivity contribution in [2.24, 2.45) is 5.92 Å². The minimum absolute atomic E-state index is 0.00673. The van der Waals surface area contributed by atoms with E-state index in [4.69, 9.17) is 20.8 Å². The van der Waals surface area contributed by atoms with E-state index in [9.17, 15) is 4.79 Å². The van der Waals surface area contributed by atoms with Crippen molar-refractivity contribution in [2.75, 3.05) is 0 Å². The van der Waals surface area contributed by atoms with E-state index in [0.29, 0.717) is 16.5 Å². The minimum atomic E-state index is -0.176. The van der Waals surface area contributed by atoms with Gasteiger partial charge in [-0.05, 0) is 25.0 Å². The lowest BCUT2D eigenvalue weighted by molar-refractivity contribution is -0.150. The highest BCUT2D eigenvalue weighted by Crippen LogP contribution is 2.27. The summed E-state index contributed by atoms with van der Waals surface area (Å²) in [6.45, 7) is 0.00673. The van der Waals surface area contributed by atoms with Crippen LogP contribution in [0, 0.1) is 5.92 Å². The first-order chi connectivity index (χ1) is 10.2. The Morgan fingerprint density at radius 2 is 2.05 bits per heavy atom. The Bertz CT molecular complexity index is 635. The SMILES string of the molecule is O=C(OCc1nnc(-c2ccccc2Cl)o1)C1CCCC1. The van der Waals surface area contributed by atoms with Crippen LogP contribution in [0.15, 0.2) is 28.7 Å². The zero-order valence-corrected chi connectivity index (χ0v) is 12.2. The number of rotatable bonds is 4. The normalized spacial score (nSPS) is 15.3. The Morgan fingerprint density at radius 3 is 2.81 bits per heavy atom. The summed E-state index contributed by atoms with van der Waals surface area (Å²) in [6, 6.07) is 7.21. The van der Waals surface area contributed by atoms with Crippen molar-refractivity contribution in [3.8, 4) is 11.5 Å². The molecule has 0 radical (unpaired) electrons. The van der Waals surface area contributed by atoms with Gasteiger partial charge >= 0.3 is 5.97 Å². The molecule has 0 bridgehead atoms. The molecular formula is C15H15ClN2O3. The number of esters is 1. The molecular weight excluding hydrogens is 292 g/mol. The average Bonchev–Trinajstić information content (AvgIpc) is 3.17. The largest absolute Gasteiger partial charge is 0.455 e. The van der Waals surface area contributed by atoms with Crippen LogP contribution in [-0.4, -0.2) is 16.2 Å². The molecule has 0 aliphatic heterocycles. The van der Waals surface area contributed by atoms with Gasteiger partial charge < -0.3 is 9.15 Å². The van der Waals surface area contributed by atoms with Crippen molar-refractivity contribution < 1.29 is 13.9 Å². The fourth-order valence-corrected chi connectivity index (χ4v) is 2.68. The molecule has 3 rings (SSSR count). The van der Waals surface area contributed by atoms with E-state index in [1.807, 2.05) is 12.1 Å². The Kier molecular flexibility index (Phi) is 4.20. The van der Waals surface area contributed by atoms with Crippen LogP contribution < -0.4 is 0 Å². The molecule has 0 atom stereocenters. The summed E-state index contributed by atoms with van der Waals surface area (Å²) in [5, 5.41) is 8.35. The maximum Gasteiger partial charge on any atom is 0.309 e. The van der Waals surface area contributed by atoms with Crippen molar-refractivity contribution in [1.29, 1.82) is 0 Å². The van der Waals surface area contributed by atoms with E-state index in [2.05, 4.69) is 10.2 Å². The molecule has 0 saturated heterocycles. The van der Waals surface area contributed by atoms with E-state index in [0.717, 1.165) is 25.7 Å². The maximum absolute atomic E-state index is 11.8. The zero-order valence-electron chi connectivity index (χ0n) is 11.4. The topological polar surface area (TPSA) is 65.2 Å². The number of hydrogen-bond acceptors (Lipinski definition) is 5. The fourth-order valence-electron chi connectivity index (χ4n) is 2.47. The Labute approximate surface area is 127 Å². The van der Waals surface area contributed by atoms with Crippen LogP contribution in [0.3, 0.4) is 0 Å². The number of benzene rings is 1. The molecule has 21 heavy (non-hydrogen) atoms. The molecule has 0 unspecified atom stereocenters. The first kappa shape index (κ1) is 14.1. The second kappa shape index (κ2) is 6.26. The molecule has 2 aromatic rings. The van der Waals surface area contributed by atoms with Gasteiger partial charge in [-0.2, -0.15) is 0 Å². The molecule has 1 saturated carbocycles. The van der Waals surface area contributed by atoms with Gasteiger partial charge in [0.25, 0.3) is 5.89 Å². The molecule has 110 valence electrons. The smallest absolute Gasteiger partial charge is 0.309 e. The number of carbonyl (C=O) groups is 1. The van der Waals surface area contributed by atoms with Crippen LogP contribution in [0.1, 0.15) is 31.6 Å². The van der Waals surface area contributed by atoms with Gasteiger partial charge in [-0.3, -0.25) is 4.79 Å². The first-order valence-corrected chi connectivity index (χ1v) is 7.36. The molecule has 0 amide bonds. The van der Waals surface area contributed by atoms with Crippen LogP contribution in [0.25, 0.3) is 11.5 Å². The van der Waals surface area contributed by atoms with Crippen molar-refractivity contribution in [3.05, 3.63) is 35.2 Å². The van der Waals surface area contributed by atoms with Crippen molar-refractivity contribution in [3.63, 3.8) is 0 Å². The van der Waals surface area contributed by atoms with Crippen LogP contribution in [0.4, 0.5) is 0 Å². The van der Waals surface area contributed by atoms with Gasteiger partial charge in [-0.1, -0.05) is 36.6 Å². The minimum Gasteiger partial charge on any atom is -0.455 e. The quantitative estimate of drug-likeness (QED) is 0.807. The average molecular weight is 307 g/mol. The molecule has 5 nitrogen and oxygen atoms in total. The second-order valence-electron chi connectivity index (χ2n) is 5.07. The number of aromatic nitrogens is 2. The molecule has 1 heterocycles. The highest BCUT2D eigenvalue weighted by Gasteiger charge is 2.24. The second-order valence-corrected chi connectivity index (χ2v) is 5.48. The van der Waals surface area contributed by atoms with Crippen LogP contribution in [-0.2, 0) is 16.1 Å². The lowest BCUT2D eigenvalue weighted by Crippen LogP contribution is -2.14. The third kappa shape index (κ3) is 3.24. The highest BCUT2D eigenvalue weighted by atomic mass is 35.5. The predicted octanol–water partition coefficient (Wildman–Crippen LogP) is 3.62. The molecule has 0 spiro atoms. The van der Waals surface area contributed by atoms with Crippen molar-refractivity contribution in [1.82, 2.24) is 10.2 Å². The number of halogens is 1. The van der Waals surface area contributed by atoms with Gasteiger partial charge in [0.05, 0.1) is 16.5 Å². The molecule has 1 aromatic heterocycles. The lowest BCUT2D eigenvalue weighted by atomic mass is 10.1. The Morgan fingerprint density at radius 1 is 1.29 bits per heavy atom. The molecule has 1 aliphatic rings. The maximum atomic E-state index is 11.8. The third-order valence-electron chi connectivity index (χ3n) is 3.60. The summed E-state index contributed by atoms with van der Waals surface area (Å²) in [5.74, 6) is 0.449. The van der Waals surface area contributed by atoms with E-state index in [-0.39, 0.29) is 24.4 Å². The van der Waals surface area contributed by atoms with Gasteiger partial charge in [0, 0.05) is 0 Å². The van der Waals surface area contributed by atoms with E-state index in [1.54, 1.807) is 12.1 Å². The molecule has 1 aliphatic carbocycles. The van der Waals surface area contributed by atoms with Crippen LogP contribution >= 0.6 is 11.6 Å². The van der Waals surface area contributed by atoms with Crippen LogP contribution in [0.5, 0.6) is 0 Å². The zero-order chi connectivity index (χ0) is 14.7. The molecule has 1 aromatic carbocycles. The van der Waals surface area contributed by atoms with Crippen molar-refractivity contribution in [2.45, 2.75) is 32.3 Å². The Hall–Kier alpha value is -1.88. The van der Waals surface area contributed by atoms with Crippen LogP contribution in [0.2, 0.25) is 5.02 Å². The molecule has 6 heteroatoms. The van der Waals surface area contributed by atoms with Gasteiger partial charge in [0.15, 0.2) is 6.61 Å². The lowest BCUT2D eigenvalue weighted by Gasteiger charge is -2.07. The number of ether oxygens (including phenoxy) is 1. The summed E-state index contributed by atoms with van der Waals surface area (Å²) >= 11 is 6.07.